The van der Waals surface area contributed by atoms with E-state index < -0.39 is 10.0 Å². The summed E-state index contributed by atoms with van der Waals surface area (Å²) in [6.45, 7) is 1.46. The molecule has 0 unspecified atom stereocenters. The van der Waals surface area contributed by atoms with Crippen LogP contribution in [0.4, 0.5) is 11.4 Å². The summed E-state index contributed by atoms with van der Waals surface area (Å²) >= 11 is 0. The SMILES string of the molecule is COCC(=O)N1CCCc2cc(NS(=O)(=O)c3ccc4c(c3)OCCO4)ccc21. The number of carbonyl (C=O) groups excluding carboxylic acids is 1. The first-order valence-electron chi connectivity index (χ1n) is 9.32. The number of hydrogen-bond donors (Lipinski definition) is 1. The number of ether oxygens (including phenoxy) is 3. The van der Waals surface area contributed by atoms with E-state index in [2.05, 4.69) is 4.72 Å². The molecule has 29 heavy (non-hydrogen) atoms. The van der Waals surface area contributed by atoms with Gasteiger partial charge in [-0.3, -0.25) is 9.52 Å². The van der Waals surface area contributed by atoms with Gasteiger partial charge < -0.3 is 19.1 Å². The zero-order valence-electron chi connectivity index (χ0n) is 16.0. The standard InChI is InChI=1S/C20H22N2O6S/c1-26-13-20(23)22-8-2-3-14-11-15(4-6-17(14)22)21-29(24,25)16-5-7-18-19(12-16)28-10-9-27-18/h4-7,11-12,21H,2-3,8-10,13H2,1H3. The van der Waals surface area contributed by atoms with Crippen molar-refractivity contribution in [3.8, 4) is 11.5 Å². The summed E-state index contributed by atoms with van der Waals surface area (Å²) in [7, 11) is -2.31. The van der Waals surface area contributed by atoms with Crippen LogP contribution in [0.2, 0.25) is 0 Å². The molecule has 0 saturated carbocycles. The smallest absolute Gasteiger partial charge is 0.262 e. The summed E-state index contributed by atoms with van der Waals surface area (Å²) in [5.41, 5.74) is 2.16. The molecular weight excluding hydrogens is 396 g/mol. The average Bonchev–Trinajstić information content (AvgIpc) is 2.72. The fourth-order valence-corrected chi connectivity index (χ4v) is 4.59. The molecule has 1 amide bonds. The summed E-state index contributed by atoms with van der Waals surface area (Å²) < 4.78 is 44.1. The van der Waals surface area contributed by atoms with Crippen LogP contribution < -0.4 is 19.1 Å². The molecule has 2 aromatic rings. The van der Waals surface area contributed by atoms with Gasteiger partial charge in [0.2, 0.25) is 0 Å². The second kappa shape index (κ2) is 7.92. The van der Waals surface area contributed by atoms with Crippen molar-refractivity contribution in [3.63, 3.8) is 0 Å². The number of sulfonamides is 1. The number of aryl methyl sites for hydroxylation is 1. The van der Waals surface area contributed by atoms with Crippen LogP contribution in [0.1, 0.15) is 12.0 Å². The van der Waals surface area contributed by atoms with E-state index in [4.69, 9.17) is 14.2 Å². The first-order chi connectivity index (χ1) is 14.0. The molecule has 0 spiro atoms. The van der Waals surface area contributed by atoms with E-state index >= 15 is 0 Å². The minimum atomic E-state index is -3.80. The van der Waals surface area contributed by atoms with E-state index in [9.17, 15) is 13.2 Å². The third-order valence-electron chi connectivity index (χ3n) is 4.84. The van der Waals surface area contributed by atoms with Gasteiger partial charge in [0, 0.05) is 31.1 Å². The largest absolute Gasteiger partial charge is 0.486 e. The van der Waals surface area contributed by atoms with E-state index in [1.54, 1.807) is 29.2 Å². The molecule has 154 valence electrons. The van der Waals surface area contributed by atoms with Crippen molar-refractivity contribution in [2.45, 2.75) is 17.7 Å². The highest BCUT2D eigenvalue weighted by Crippen LogP contribution is 2.34. The van der Waals surface area contributed by atoms with Crippen LogP contribution in [-0.4, -0.2) is 47.8 Å². The van der Waals surface area contributed by atoms with Gasteiger partial charge in [-0.1, -0.05) is 0 Å². The van der Waals surface area contributed by atoms with Crippen LogP contribution in [0.15, 0.2) is 41.3 Å². The van der Waals surface area contributed by atoms with Crippen molar-refractivity contribution in [2.24, 2.45) is 0 Å². The van der Waals surface area contributed by atoms with Crippen molar-refractivity contribution >= 4 is 27.3 Å². The van der Waals surface area contributed by atoms with Crippen LogP contribution in [-0.2, 0) is 26.0 Å². The van der Waals surface area contributed by atoms with Crippen LogP contribution in [0.5, 0.6) is 11.5 Å². The van der Waals surface area contributed by atoms with E-state index in [-0.39, 0.29) is 17.4 Å². The van der Waals surface area contributed by atoms with E-state index in [1.165, 1.54) is 19.2 Å². The Hall–Kier alpha value is -2.78. The van der Waals surface area contributed by atoms with Gasteiger partial charge in [-0.25, -0.2) is 8.42 Å². The monoisotopic (exact) mass is 418 g/mol. The Morgan fingerprint density at radius 2 is 1.93 bits per heavy atom. The molecule has 0 aromatic heterocycles. The Morgan fingerprint density at radius 1 is 1.14 bits per heavy atom. The number of amides is 1. The molecule has 0 radical (unpaired) electrons. The van der Waals surface area contributed by atoms with Crippen LogP contribution in [0, 0.1) is 0 Å². The lowest BCUT2D eigenvalue weighted by Crippen LogP contribution is -2.37. The molecule has 2 heterocycles. The van der Waals surface area contributed by atoms with E-state index in [0.29, 0.717) is 36.9 Å². The molecule has 8 nitrogen and oxygen atoms in total. The lowest BCUT2D eigenvalue weighted by Gasteiger charge is -2.29. The van der Waals surface area contributed by atoms with Gasteiger partial charge in [0.15, 0.2) is 11.5 Å². The second-order valence-electron chi connectivity index (χ2n) is 6.84. The molecule has 1 N–H and O–H groups in total. The number of benzene rings is 2. The first kappa shape index (κ1) is 19.5. The first-order valence-corrected chi connectivity index (χ1v) is 10.8. The Balaban J connectivity index is 1.57. The summed E-state index contributed by atoms with van der Waals surface area (Å²) in [6.07, 6.45) is 1.58. The number of methoxy groups -OCH3 is 1. The van der Waals surface area contributed by atoms with Gasteiger partial charge in [0.05, 0.1) is 4.90 Å². The number of rotatable bonds is 5. The molecule has 2 aliphatic rings. The topological polar surface area (TPSA) is 94.2 Å². The van der Waals surface area contributed by atoms with Gasteiger partial charge in [-0.2, -0.15) is 0 Å². The lowest BCUT2D eigenvalue weighted by molar-refractivity contribution is -0.122. The van der Waals surface area contributed by atoms with E-state index in [1.807, 2.05) is 0 Å². The number of fused-ring (bicyclic) bond motifs is 2. The third-order valence-corrected chi connectivity index (χ3v) is 6.22. The highest BCUT2D eigenvalue weighted by Gasteiger charge is 2.24. The van der Waals surface area contributed by atoms with Crippen LogP contribution >= 0.6 is 0 Å². The number of nitrogens with zero attached hydrogens (tertiary/aromatic N) is 1. The zero-order chi connectivity index (χ0) is 20.4. The normalized spacial score (nSPS) is 15.6. The number of nitrogens with one attached hydrogen (secondary N) is 1. The summed E-state index contributed by atoms with van der Waals surface area (Å²) in [6, 6.07) is 9.74. The van der Waals surface area contributed by atoms with Crippen molar-refractivity contribution < 1.29 is 27.4 Å². The predicted molar refractivity (Wildman–Crippen MR) is 107 cm³/mol. The molecule has 0 saturated heterocycles. The summed E-state index contributed by atoms with van der Waals surface area (Å²) in [5, 5.41) is 0. The molecule has 4 rings (SSSR count). The Kier molecular flexibility index (Phi) is 5.33. The number of carbonyl (C=O) groups is 1. The maximum Gasteiger partial charge on any atom is 0.262 e. The minimum Gasteiger partial charge on any atom is -0.486 e. The highest BCUT2D eigenvalue weighted by atomic mass is 32.2. The molecule has 2 aromatic carbocycles. The van der Waals surface area contributed by atoms with Crippen LogP contribution in [0.25, 0.3) is 0 Å². The fraction of sp³-hybridized carbons (Fsp3) is 0.350. The van der Waals surface area contributed by atoms with Crippen molar-refractivity contribution in [1.82, 2.24) is 0 Å². The van der Waals surface area contributed by atoms with Crippen LogP contribution in [0.3, 0.4) is 0 Å². The molecule has 0 fully saturated rings. The minimum absolute atomic E-state index is 0.0118. The third kappa shape index (κ3) is 4.01. The molecule has 0 atom stereocenters. The van der Waals surface area contributed by atoms with Crippen molar-refractivity contribution in [3.05, 3.63) is 42.0 Å². The molecule has 2 aliphatic heterocycles. The van der Waals surface area contributed by atoms with Gasteiger partial charge in [-0.15, -0.1) is 0 Å². The quantitative estimate of drug-likeness (QED) is 0.800. The van der Waals surface area contributed by atoms with Gasteiger partial charge >= 0.3 is 0 Å². The molecule has 9 heteroatoms. The fourth-order valence-electron chi connectivity index (χ4n) is 3.53. The zero-order valence-corrected chi connectivity index (χ0v) is 16.8. The van der Waals surface area contributed by atoms with E-state index in [0.717, 1.165) is 24.1 Å². The molecular formula is C20H22N2O6S. The van der Waals surface area contributed by atoms with Crippen molar-refractivity contribution in [2.75, 3.05) is 43.1 Å². The van der Waals surface area contributed by atoms with Gasteiger partial charge in [-0.05, 0) is 48.7 Å². The van der Waals surface area contributed by atoms with Crippen molar-refractivity contribution in [1.29, 1.82) is 0 Å². The van der Waals surface area contributed by atoms with Gasteiger partial charge in [0.25, 0.3) is 15.9 Å². The van der Waals surface area contributed by atoms with Gasteiger partial charge in [0.1, 0.15) is 19.8 Å². The number of hydrogen-bond acceptors (Lipinski definition) is 6. The Morgan fingerprint density at radius 3 is 2.72 bits per heavy atom. The second-order valence-corrected chi connectivity index (χ2v) is 8.52. The maximum absolute atomic E-state index is 12.8. The number of anilines is 2. The lowest BCUT2D eigenvalue weighted by atomic mass is 10.0. The predicted octanol–water partition coefficient (Wildman–Crippen LogP) is 2.18. The average molecular weight is 418 g/mol. The summed E-state index contributed by atoms with van der Waals surface area (Å²) in [4.78, 5) is 14.0. The molecule has 0 bridgehead atoms. The highest BCUT2D eigenvalue weighted by molar-refractivity contribution is 7.92. The maximum atomic E-state index is 12.8. The summed E-state index contributed by atoms with van der Waals surface area (Å²) in [5.74, 6) is 0.833. The molecule has 0 aliphatic carbocycles. The Labute approximate surface area is 169 Å². The Bertz CT molecular complexity index is 1040.